The molecule has 7 rings (SSSR count). The molecule has 0 unspecified atom stereocenters. The zero-order valence-electron chi connectivity index (χ0n) is 24.6. The van der Waals surface area contributed by atoms with Gasteiger partial charge in [-0.05, 0) is 49.9 Å². The van der Waals surface area contributed by atoms with Gasteiger partial charge in [0, 0.05) is 64.4 Å². The number of nitrogens with one attached hydrogen (secondary N) is 1. The molecular weight excluding hydrogens is 528 g/mol. The van der Waals surface area contributed by atoms with E-state index in [1.807, 2.05) is 6.07 Å². The third-order valence-corrected chi connectivity index (χ3v) is 8.65. The van der Waals surface area contributed by atoms with E-state index in [-0.39, 0.29) is 6.04 Å². The third-order valence-electron chi connectivity index (χ3n) is 8.65. The van der Waals surface area contributed by atoms with Gasteiger partial charge in [0.25, 0.3) is 0 Å². The quantitative estimate of drug-likeness (QED) is 0.330. The first-order chi connectivity index (χ1) is 20.6. The summed E-state index contributed by atoms with van der Waals surface area (Å²) in [6, 6.07) is 17.6. The van der Waals surface area contributed by atoms with Crippen molar-refractivity contribution in [3.05, 3.63) is 66.0 Å². The van der Waals surface area contributed by atoms with Crippen LogP contribution < -0.4 is 19.7 Å². The van der Waals surface area contributed by atoms with Crippen molar-refractivity contribution in [2.24, 2.45) is 0 Å². The van der Waals surface area contributed by atoms with Gasteiger partial charge >= 0.3 is 0 Å². The molecule has 10 nitrogen and oxygen atoms in total. The fourth-order valence-corrected chi connectivity index (χ4v) is 6.38. The SMILES string of the molecule is CC(C)n1c(N2CCN(Cc3ccc4c(c3)OCO4)CC2)nc2c(NC3CCN(Cc4ccccc4)CC3)ncnc21. The predicted molar refractivity (Wildman–Crippen MR) is 164 cm³/mol. The number of imidazole rings is 1. The summed E-state index contributed by atoms with van der Waals surface area (Å²) in [5.41, 5.74) is 4.40. The van der Waals surface area contributed by atoms with Crippen LogP contribution in [0.3, 0.4) is 0 Å². The molecular formula is C32H40N8O2. The van der Waals surface area contributed by atoms with Crippen LogP contribution in [0.15, 0.2) is 54.9 Å². The van der Waals surface area contributed by atoms with Crippen LogP contribution in [-0.4, -0.2) is 81.4 Å². The minimum absolute atomic E-state index is 0.237. The summed E-state index contributed by atoms with van der Waals surface area (Å²) in [6.07, 6.45) is 3.85. The van der Waals surface area contributed by atoms with E-state index in [0.717, 1.165) is 99.6 Å². The highest BCUT2D eigenvalue weighted by atomic mass is 16.7. The lowest BCUT2D eigenvalue weighted by molar-refractivity contribution is 0.174. The molecule has 42 heavy (non-hydrogen) atoms. The number of benzene rings is 2. The number of nitrogens with zero attached hydrogens (tertiary/aromatic N) is 7. The molecule has 0 amide bonds. The summed E-state index contributed by atoms with van der Waals surface area (Å²) in [6.45, 7) is 12.5. The number of likely N-dealkylation sites (tertiary alicyclic amines) is 1. The average Bonchev–Trinajstić information content (AvgIpc) is 3.64. The topological polar surface area (TPSA) is 83.8 Å². The molecule has 2 saturated heterocycles. The van der Waals surface area contributed by atoms with Crippen LogP contribution in [0.2, 0.25) is 0 Å². The van der Waals surface area contributed by atoms with E-state index >= 15 is 0 Å². The Balaban J connectivity index is 1.02. The van der Waals surface area contributed by atoms with Gasteiger partial charge in [-0.15, -0.1) is 0 Å². The molecule has 10 heteroatoms. The molecule has 0 radical (unpaired) electrons. The first-order valence-electron chi connectivity index (χ1n) is 15.2. The Morgan fingerprint density at radius 3 is 2.36 bits per heavy atom. The predicted octanol–water partition coefficient (Wildman–Crippen LogP) is 4.53. The summed E-state index contributed by atoms with van der Waals surface area (Å²) >= 11 is 0. The zero-order valence-corrected chi connectivity index (χ0v) is 24.6. The highest BCUT2D eigenvalue weighted by molar-refractivity contribution is 5.85. The Morgan fingerprint density at radius 2 is 1.57 bits per heavy atom. The van der Waals surface area contributed by atoms with E-state index in [2.05, 4.69) is 85.9 Å². The van der Waals surface area contributed by atoms with Gasteiger partial charge in [-0.2, -0.15) is 0 Å². The number of anilines is 2. The molecule has 0 spiro atoms. The van der Waals surface area contributed by atoms with E-state index in [1.165, 1.54) is 11.1 Å². The van der Waals surface area contributed by atoms with Gasteiger partial charge in [-0.25, -0.2) is 15.0 Å². The van der Waals surface area contributed by atoms with Crippen LogP contribution >= 0.6 is 0 Å². The van der Waals surface area contributed by atoms with Gasteiger partial charge in [-0.3, -0.25) is 14.4 Å². The van der Waals surface area contributed by atoms with Crippen molar-refractivity contribution in [1.29, 1.82) is 0 Å². The van der Waals surface area contributed by atoms with Crippen LogP contribution in [0.5, 0.6) is 11.5 Å². The number of piperidine rings is 1. The van der Waals surface area contributed by atoms with Crippen molar-refractivity contribution in [3.8, 4) is 11.5 Å². The second kappa shape index (κ2) is 11.8. The van der Waals surface area contributed by atoms with Crippen molar-refractivity contribution in [1.82, 2.24) is 29.3 Å². The Hall–Kier alpha value is -3.89. The number of fused-ring (bicyclic) bond motifs is 2. The molecule has 2 fully saturated rings. The van der Waals surface area contributed by atoms with E-state index in [0.29, 0.717) is 12.8 Å². The molecule has 0 saturated carbocycles. The number of ether oxygens (including phenoxy) is 2. The molecule has 5 heterocycles. The third kappa shape index (κ3) is 5.61. The van der Waals surface area contributed by atoms with Crippen molar-refractivity contribution >= 4 is 22.9 Å². The van der Waals surface area contributed by atoms with Gasteiger partial charge < -0.3 is 19.7 Å². The lowest BCUT2D eigenvalue weighted by Gasteiger charge is -2.35. The lowest BCUT2D eigenvalue weighted by atomic mass is 10.0. The first-order valence-corrected chi connectivity index (χ1v) is 15.2. The van der Waals surface area contributed by atoms with Crippen LogP contribution in [0.1, 0.15) is 43.9 Å². The number of piperazine rings is 1. The van der Waals surface area contributed by atoms with Gasteiger partial charge in [-0.1, -0.05) is 36.4 Å². The molecule has 3 aliphatic heterocycles. The number of hydrogen-bond donors (Lipinski definition) is 1. The summed E-state index contributed by atoms with van der Waals surface area (Å²) in [4.78, 5) is 22.0. The monoisotopic (exact) mass is 568 g/mol. The van der Waals surface area contributed by atoms with Crippen LogP contribution in [-0.2, 0) is 13.1 Å². The second-order valence-electron chi connectivity index (χ2n) is 11.9. The normalized spacial score (nSPS) is 18.3. The lowest BCUT2D eigenvalue weighted by Crippen LogP contribution is -2.47. The van der Waals surface area contributed by atoms with Crippen molar-refractivity contribution in [2.75, 3.05) is 56.3 Å². The summed E-state index contributed by atoms with van der Waals surface area (Å²) in [7, 11) is 0. The molecule has 2 aromatic heterocycles. The maximum atomic E-state index is 5.57. The summed E-state index contributed by atoms with van der Waals surface area (Å²) in [5.74, 6) is 3.52. The highest BCUT2D eigenvalue weighted by Gasteiger charge is 2.27. The molecule has 220 valence electrons. The summed E-state index contributed by atoms with van der Waals surface area (Å²) in [5, 5.41) is 3.74. The van der Waals surface area contributed by atoms with Crippen molar-refractivity contribution in [2.45, 2.75) is 51.9 Å². The number of aromatic nitrogens is 4. The molecule has 3 aliphatic rings. The van der Waals surface area contributed by atoms with Crippen molar-refractivity contribution in [3.63, 3.8) is 0 Å². The largest absolute Gasteiger partial charge is 0.454 e. The number of hydrogen-bond acceptors (Lipinski definition) is 9. The van der Waals surface area contributed by atoms with Crippen LogP contribution in [0, 0.1) is 0 Å². The first kappa shape index (κ1) is 27.0. The maximum absolute atomic E-state index is 5.57. The zero-order chi connectivity index (χ0) is 28.5. The van der Waals surface area contributed by atoms with E-state index in [9.17, 15) is 0 Å². The maximum Gasteiger partial charge on any atom is 0.231 e. The molecule has 0 atom stereocenters. The Labute approximate surface area is 247 Å². The van der Waals surface area contributed by atoms with Crippen molar-refractivity contribution < 1.29 is 9.47 Å². The number of rotatable bonds is 8. The van der Waals surface area contributed by atoms with Gasteiger partial charge in [0.1, 0.15) is 6.33 Å². The standard InChI is InChI=1S/C32H40N8O2/c1-23(2)40-31-29(30(33-21-34-31)35-26-10-12-37(13-11-26)19-24-6-4-3-5-7-24)36-32(40)39-16-14-38(15-17-39)20-25-8-9-27-28(18-25)42-22-41-27/h3-9,18,21,23,26H,10-17,19-20,22H2,1-2H3,(H,33,34,35). The van der Waals surface area contributed by atoms with Crippen LogP contribution in [0.4, 0.5) is 11.8 Å². The fourth-order valence-electron chi connectivity index (χ4n) is 6.38. The molecule has 0 bridgehead atoms. The minimum atomic E-state index is 0.237. The van der Waals surface area contributed by atoms with E-state index < -0.39 is 0 Å². The highest BCUT2D eigenvalue weighted by Crippen LogP contribution is 2.34. The molecule has 1 N–H and O–H groups in total. The molecule has 0 aliphatic carbocycles. The van der Waals surface area contributed by atoms with E-state index in [4.69, 9.17) is 19.4 Å². The molecule has 2 aromatic carbocycles. The fraction of sp³-hybridized carbons (Fsp3) is 0.469. The minimum Gasteiger partial charge on any atom is -0.454 e. The Kier molecular flexibility index (Phi) is 7.56. The van der Waals surface area contributed by atoms with Gasteiger partial charge in [0.2, 0.25) is 12.7 Å². The average molecular weight is 569 g/mol. The van der Waals surface area contributed by atoms with Crippen LogP contribution in [0.25, 0.3) is 11.2 Å². The van der Waals surface area contributed by atoms with Gasteiger partial charge in [0.15, 0.2) is 28.5 Å². The molecule has 4 aromatic rings. The Morgan fingerprint density at radius 1 is 0.833 bits per heavy atom. The Bertz CT molecular complexity index is 1510. The van der Waals surface area contributed by atoms with Gasteiger partial charge in [0.05, 0.1) is 0 Å². The second-order valence-corrected chi connectivity index (χ2v) is 11.9. The van der Waals surface area contributed by atoms with E-state index in [1.54, 1.807) is 6.33 Å². The smallest absolute Gasteiger partial charge is 0.231 e. The summed E-state index contributed by atoms with van der Waals surface area (Å²) < 4.78 is 13.3.